The molecule has 0 N–H and O–H groups in total. The number of benzene rings is 4. The topological polar surface area (TPSA) is 148 Å². The molecule has 13 nitrogen and oxygen atoms in total. The second-order valence-electron chi connectivity index (χ2n) is 12.4. The lowest BCUT2D eigenvalue weighted by atomic mass is 9.79. The largest absolute Gasteiger partial charge is 0.494 e. The monoisotopic (exact) mass is 721 g/mol. The van der Waals surface area contributed by atoms with Crippen LogP contribution in [0.2, 0.25) is 0 Å². The molecule has 0 aliphatic rings. The number of hydrogen-bond acceptors (Lipinski definition) is 13. The number of nitrogens with zero attached hydrogens (tertiary/aromatic N) is 7. The first kappa shape index (κ1) is 39.8. The molecule has 0 spiro atoms. The average Bonchev–Trinajstić information content (AvgIpc) is 3.20. The normalized spacial score (nSPS) is 13.2. The smallest absolute Gasteiger partial charge is 0.311 e. The fraction of sp³-hybridized carbons (Fsp3) is 0.350. The van der Waals surface area contributed by atoms with Gasteiger partial charge in [-0.1, -0.05) is 32.0 Å². The van der Waals surface area contributed by atoms with Gasteiger partial charge in [0.05, 0.1) is 62.0 Å². The summed E-state index contributed by atoms with van der Waals surface area (Å²) in [4.78, 5) is 27.0. The van der Waals surface area contributed by atoms with E-state index in [0.717, 1.165) is 11.4 Å². The van der Waals surface area contributed by atoms with Crippen LogP contribution in [0.1, 0.15) is 40.5 Å². The molecule has 13 heteroatoms. The molecule has 53 heavy (non-hydrogen) atoms. The standard InChI is InChI=1S/C40H47N7O6/c1-8-40(4,39(49)52-7)27-28(3)38(48)53-24-23-47(9-2)33-21-19-32(20-22-33)44-46-35-26-36(50-5)34(25-37(35)51-6)45-43-31-17-15-30(16-18-31)42-41-29-13-11-10-12-14-29/h10-22,25-26,28H,8-9,23-24,27H2,1-7H3. The molecule has 0 saturated carbocycles. The second kappa shape index (κ2) is 19.6. The number of anilines is 1. The number of carbonyl (C=O) groups is 2. The zero-order chi connectivity index (χ0) is 38.2. The molecular formula is C40H47N7O6. The Morgan fingerprint density at radius 2 is 1.17 bits per heavy atom. The van der Waals surface area contributed by atoms with Gasteiger partial charge in [0.25, 0.3) is 0 Å². The molecule has 278 valence electrons. The number of ether oxygens (including phenoxy) is 4. The minimum atomic E-state index is -0.735. The Kier molecular flexibility index (Phi) is 14.7. The number of hydrogen-bond donors (Lipinski definition) is 0. The molecule has 0 aromatic heterocycles. The van der Waals surface area contributed by atoms with Crippen molar-refractivity contribution in [3.8, 4) is 11.5 Å². The fourth-order valence-electron chi connectivity index (χ4n) is 5.42. The molecule has 2 atom stereocenters. The highest BCUT2D eigenvalue weighted by atomic mass is 16.5. The van der Waals surface area contributed by atoms with Crippen LogP contribution in [0.5, 0.6) is 11.5 Å². The molecule has 0 aliphatic carbocycles. The van der Waals surface area contributed by atoms with Gasteiger partial charge in [0.2, 0.25) is 0 Å². The molecular weight excluding hydrogens is 674 g/mol. The first-order valence-electron chi connectivity index (χ1n) is 17.4. The summed E-state index contributed by atoms with van der Waals surface area (Å²) in [6.07, 6.45) is 0.927. The van der Waals surface area contributed by atoms with Crippen molar-refractivity contribution < 1.29 is 28.5 Å². The summed E-state index contributed by atoms with van der Waals surface area (Å²) in [7, 11) is 4.45. The highest BCUT2D eigenvalue weighted by Crippen LogP contribution is 2.41. The number of rotatable bonds is 18. The number of methoxy groups -OCH3 is 3. The quantitative estimate of drug-likeness (QED) is 0.0733. The lowest BCUT2D eigenvalue weighted by molar-refractivity contribution is -0.156. The predicted molar refractivity (Wildman–Crippen MR) is 204 cm³/mol. The van der Waals surface area contributed by atoms with E-state index in [4.69, 9.17) is 18.9 Å². The Balaban J connectivity index is 1.36. The van der Waals surface area contributed by atoms with Crippen molar-refractivity contribution in [1.82, 2.24) is 0 Å². The Bertz CT molecular complexity index is 1880. The molecule has 0 heterocycles. The molecule has 0 aliphatic heterocycles. The predicted octanol–water partition coefficient (Wildman–Crippen LogP) is 10.9. The minimum Gasteiger partial charge on any atom is -0.494 e. The van der Waals surface area contributed by atoms with E-state index in [-0.39, 0.29) is 18.5 Å². The molecule has 0 saturated heterocycles. The summed E-state index contributed by atoms with van der Waals surface area (Å²) in [5, 5.41) is 26.1. The molecule has 2 unspecified atom stereocenters. The van der Waals surface area contributed by atoms with E-state index in [0.29, 0.717) is 65.9 Å². The summed E-state index contributed by atoms with van der Waals surface area (Å²) in [6.45, 7) is 8.95. The maximum atomic E-state index is 12.7. The fourth-order valence-corrected chi connectivity index (χ4v) is 5.42. The lowest BCUT2D eigenvalue weighted by Gasteiger charge is -2.28. The van der Waals surface area contributed by atoms with Crippen molar-refractivity contribution in [2.24, 2.45) is 42.0 Å². The van der Waals surface area contributed by atoms with Crippen LogP contribution >= 0.6 is 0 Å². The zero-order valence-corrected chi connectivity index (χ0v) is 31.4. The Morgan fingerprint density at radius 3 is 1.62 bits per heavy atom. The molecule has 4 aromatic rings. The summed E-state index contributed by atoms with van der Waals surface area (Å²) < 4.78 is 21.7. The molecule has 0 fully saturated rings. The Labute approximate surface area is 310 Å². The van der Waals surface area contributed by atoms with Crippen LogP contribution in [-0.2, 0) is 19.1 Å². The Morgan fingerprint density at radius 1 is 0.698 bits per heavy atom. The summed E-state index contributed by atoms with van der Waals surface area (Å²) in [6, 6.07) is 27.7. The maximum Gasteiger partial charge on any atom is 0.311 e. The van der Waals surface area contributed by atoms with Gasteiger partial charge in [-0.25, -0.2) is 0 Å². The SMILES string of the molecule is CCN(CCOC(=O)C(C)CC(C)(CC)C(=O)OC)c1ccc(N=Nc2cc(OC)c(N=Nc3ccc(N=Nc4ccccc4)cc3)cc2OC)cc1. The Hall–Kier alpha value is -5.98. The molecule has 4 aromatic carbocycles. The van der Waals surface area contributed by atoms with Gasteiger partial charge in [0.15, 0.2) is 0 Å². The summed E-state index contributed by atoms with van der Waals surface area (Å²) in [5.74, 6) is -0.202. The van der Waals surface area contributed by atoms with E-state index in [1.807, 2.05) is 87.5 Å². The van der Waals surface area contributed by atoms with Gasteiger partial charge in [-0.15, -0.1) is 10.2 Å². The van der Waals surface area contributed by atoms with Gasteiger partial charge in [0.1, 0.15) is 29.5 Å². The third-order valence-electron chi connectivity index (χ3n) is 8.73. The van der Waals surface area contributed by atoms with Crippen molar-refractivity contribution in [3.63, 3.8) is 0 Å². The first-order valence-corrected chi connectivity index (χ1v) is 17.4. The van der Waals surface area contributed by atoms with Crippen molar-refractivity contribution in [2.75, 3.05) is 45.9 Å². The van der Waals surface area contributed by atoms with Crippen molar-refractivity contribution >= 4 is 51.8 Å². The third-order valence-corrected chi connectivity index (χ3v) is 8.73. The second-order valence-corrected chi connectivity index (χ2v) is 12.4. The summed E-state index contributed by atoms with van der Waals surface area (Å²) >= 11 is 0. The molecule has 4 rings (SSSR count). The molecule has 0 bridgehead atoms. The van der Waals surface area contributed by atoms with Crippen LogP contribution in [0.4, 0.5) is 39.8 Å². The molecule has 0 radical (unpaired) electrons. The van der Waals surface area contributed by atoms with Crippen LogP contribution in [0.15, 0.2) is 122 Å². The van der Waals surface area contributed by atoms with Crippen molar-refractivity contribution in [1.29, 1.82) is 0 Å². The number of likely N-dealkylation sites (N-methyl/N-ethyl adjacent to an activating group) is 1. The van der Waals surface area contributed by atoms with Gasteiger partial charge in [-0.05, 0) is 87.4 Å². The van der Waals surface area contributed by atoms with Gasteiger partial charge in [0, 0.05) is 24.4 Å². The van der Waals surface area contributed by atoms with E-state index >= 15 is 0 Å². The van der Waals surface area contributed by atoms with E-state index in [1.54, 1.807) is 45.4 Å². The highest BCUT2D eigenvalue weighted by Gasteiger charge is 2.36. The average molecular weight is 722 g/mol. The van der Waals surface area contributed by atoms with Gasteiger partial charge >= 0.3 is 11.9 Å². The van der Waals surface area contributed by atoms with Crippen LogP contribution in [-0.4, -0.2) is 53.0 Å². The van der Waals surface area contributed by atoms with Crippen molar-refractivity contribution in [2.45, 2.75) is 40.5 Å². The van der Waals surface area contributed by atoms with Crippen molar-refractivity contribution in [3.05, 3.63) is 91.0 Å². The van der Waals surface area contributed by atoms with Gasteiger partial charge < -0.3 is 23.8 Å². The van der Waals surface area contributed by atoms with Crippen LogP contribution in [0, 0.1) is 11.3 Å². The lowest BCUT2D eigenvalue weighted by Crippen LogP contribution is -2.34. The van der Waals surface area contributed by atoms with E-state index < -0.39 is 11.3 Å². The van der Waals surface area contributed by atoms with Crippen LogP contribution in [0.25, 0.3) is 0 Å². The number of azo groups is 3. The minimum absolute atomic E-state index is 0.213. The number of esters is 2. The van der Waals surface area contributed by atoms with Gasteiger partial charge in [-0.2, -0.15) is 20.5 Å². The zero-order valence-electron chi connectivity index (χ0n) is 31.4. The van der Waals surface area contributed by atoms with Gasteiger partial charge in [-0.3, -0.25) is 9.59 Å². The summed E-state index contributed by atoms with van der Waals surface area (Å²) in [5.41, 5.74) is 3.84. The number of carbonyl (C=O) groups excluding carboxylic acids is 2. The van der Waals surface area contributed by atoms with Crippen LogP contribution < -0.4 is 14.4 Å². The maximum absolute atomic E-state index is 12.7. The van der Waals surface area contributed by atoms with E-state index in [9.17, 15) is 9.59 Å². The highest BCUT2D eigenvalue weighted by molar-refractivity contribution is 5.78. The van der Waals surface area contributed by atoms with Crippen LogP contribution in [0.3, 0.4) is 0 Å². The first-order chi connectivity index (χ1) is 25.6. The van der Waals surface area contributed by atoms with E-state index in [1.165, 1.54) is 7.11 Å². The molecule has 0 amide bonds. The van der Waals surface area contributed by atoms with E-state index in [2.05, 4.69) is 35.6 Å². The third kappa shape index (κ3) is 11.3.